The van der Waals surface area contributed by atoms with Crippen LogP contribution in [0.4, 0.5) is 11.4 Å². The summed E-state index contributed by atoms with van der Waals surface area (Å²) in [5.74, 6) is 0. The summed E-state index contributed by atoms with van der Waals surface area (Å²) >= 11 is 0. The monoisotopic (exact) mass is 233 g/mol. The minimum absolute atomic E-state index is 0.523. The molecule has 1 aliphatic rings. The molecule has 1 saturated carbocycles. The van der Waals surface area contributed by atoms with Crippen molar-refractivity contribution in [3.63, 3.8) is 0 Å². The molecule has 1 aliphatic carbocycles. The quantitative estimate of drug-likeness (QED) is 0.817. The topological polar surface area (TPSA) is 37.0 Å². The number of hydrogen-bond donors (Lipinski definition) is 2. The first-order chi connectivity index (χ1) is 8.28. The number of hydrogen-bond acceptors (Lipinski definition) is 3. The van der Waals surface area contributed by atoms with Crippen molar-refractivity contribution in [2.75, 3.05) is 24.2 Å². The van der Waals surface area contributed by atoms with Crippen LogP contribution in [0.5, 0.6) is 0 Å². The van der Waals surface area contributed by atoms with Crippen LogP contribution in [0.1, 0.15) is 39.0 Å². The number of rotatable bonds is 5. The predicted molar refractivity (Wildman–Crippen MR) is 73.5 cm³/mol. The molecular weight excluding hydrogens is 210 g/mol. The zero-order valence-electron chi connectivity index (χ0n) is 10.9. The van der Waals surface area contributed by atoms with Crippen LogP contribution in [0.25, 0.3) is 0 Å². The second-order valence-corrected chi connectivity index (χ2v) is 5.13. The molecule has 0 amide bonds. The first kappa shape index (κ1) is 12.2. The van der Waals surface area contributed by atoms with Crippen molar-refractivity contribution >= 4 is 11.4 Å². The van der Waals surface area contributed by atoms with Crippen LogP contribution in [0.2, 0.25) is 0 Å². The van der Waals surface area contributed by atoms with Crippen LogP contribution in [-0.2, 0) is 0 Å². The van der Waals surface area contributed by atoms with Gasteiger partial charge in [-0.15, -0.1) is 0 Å². The Morgan fingerprint density at radius 1 is 1.24 bits per heavy atom. The smallest absolute Gasteiger partial charge is 0.0547 e. The summed E-state index contributed by atoms with van der Waals surface area (Å²) in [7, 11) is 1.92. The molecule has 2 N–H and O–H groups in total. The highest BCUT2D eigenvalue weighted by Gasteiger charge is 2.31. The Labute approximate surface area is 104 Å². The lowest BCUT2D eigenvalue weighted by molar-refractivity contribution is 0.307. The average Bonchev–Trinajstić information content (AvgIpc) is 2.86. The van der Waals surface area contributed by atoms with E-state index in [-0.39, 0.29) is 0 Å². The normalized spacial score (nSPS) is 18.0. The van der Waals surface area contributed by atoms with E-state index in [0.717, 1.165) is 17.9 Å². The number of nitrogens with zero attached hydrogens (tertiary/aromatic N) is 1. The van der Waals surface area contributed by atoms with E-state index in [9.17, 15) is 0 Å². The van der Waals surface area contributed by atoms with Gasteiger partial charge in [0.2, 0.25) is 0 Å². The molecule has 0 radical (unpaired) electrons. The summed E-state index contributed by atoms with van der Waals surface area (Å²) in [6.45, 7) is 3.40. The maximum absolute atomic E-state index is 4.22. The molecule has 1 aromatic rings. The van der Waals surface area contributed by atoms with Crippen molar-refractivity contribution in [3.05, 3.63) is 18.5 Å². The predicted octanol–water partition coefficient (Wildman–Crippen LogP) is 3.51. The Kier molecular flexibility index (Phi) is 3.87. The Morgan fingerprint density at radius 2 is 1.94 bits per heavy atom. The Balaban J connectivity index is 1.96. The lowest BCUT2D eigenvalue weighted by Gasteiger charge is -2.28. The Hall–Kier alpha value is -1.25. The summed E-state index contributed by atoms with van der Waals surface area (Å²) in [5, 5.41) is 6.67. The molecule has 1 heterocycles. The average molecular weight is 233 g/mol. The minimum Gasteiger partial charge on any atom is -0.387 e. The third kappa shape index (κ3) is 2.90. The second-order valence-electron chi connectivity index (χ2n) is 5.13. The van der Waals surface area contributed by atoms with Crippen molar-refractivity contribution in [1.82, 2.24) is 4.98 Å². The third-order valence-electron chi connectivity index (χ3n) is 4.11. The summed E-state index contributed by atoms with van der Waals surface area (Å²) in [6.07, 6.45) is 10.6. The molecule has 0 aromatic carbocycles. The van der Waals surface area contributed by atoms with Gasteiger partial charge in [0.15, 0.2) is 0 Å². The first-order valence-electron chi connectivity index (χ1n) is 6.65. The number of nitrogens with one attached hydrogen (secondary N) is 2. The van der Waals surface area contributed by atoms with Crippen molar-refractivity contribution in [1.29, 1.82) is 0 Å². The number of pyridine rings is 1. The minimum atomic E-state index is 0.523. The Bertz CT molecular complexity index is 356. The molecule has 3 heteroatoms. The number of aromatic nitrogens is 1. The van der Waals surface area contributed by atoms with Gasteiger partial charge in [-0.05, 0) is 30.7 Å². The van der Waals surface area contributed by atoms with E-state index >= 15 is 0 Å². The highest BCUT2D eigenvalue weighted by Crippen LogP contribution is 2.40. The van der Waals surface area contributed by atoms with Crippen molar-refractivity contribution < 1.29 is 0 Å². The number of anilines is 2. The molecule has 17 heavy (non-hydrogen) atoms. The van der Waals surface area contributed by atoms with Crippen LogP contribution in [0, 0.1) is 5.41 Å². The summed E-state index contributed by atoms with van der Waals surface area (Å²) in [6, 6.07) is 2.12. The molecule has 2 rings (SSSR count). The standard InChI is InChI=1S/C14H23N3/c1-3-14(6-4-5-7-14)11-17-13-8-12(15-2)9-16-10-13/h8-10,15,17H,3-7,11H2,1-2H3. The van der Waals surface area contributed by atoms with E-state index in [0.29, 0.717) is 5.41 Å². The van der Waals surface area contributed by atoms with E-state index in [1.165, 1.54) is 32.1 Å². The molecule has 1 aromatic heterocycles. The van der Waals surface area contributed by atoms with Crippen LogP contribution in [0.3, 0.4) is 0 Å². The van der Waals surface area contributed by atoms with Crippen molar-refractivity contribution in [3.8, 4) is 0 Å². The molecule has 0 saturated heterocycles. The van der Waals surface area contributed by atoms with Gasteiger partial charge in [0, 0.05) is 13.6 Å². The molecular formula is C14H23N3. The van der Waals surface area contributed by atoms with Crippen LogP contribution in [-0.4, -0.2) is 18.6 Å². The van der Waals surface area contributed by atoms with Gasteiger partial charge in [-0.3, -0.25) is 4.98 Å². The molecule has 0 spiro atoms. The van der Waals surface area contributed by atoms with Gasteiger partial charge in [0.25, 0.3) is 0 Å². The van der Waals surface area contributed by atoms with Gasteiger partial charge >= 0.3 is 0 Å². The lowest BCUT2D eigenvalue weighted by atomic mass is 9.83. The molecule has 0 atom stereocenters. The molecule has 0 unspecified atom stereocenters. The molecule has 1 fully saturated rings. The summed E-state index contributed by atoms with van der Waals surface area (Å²) < 4.78 is 0. The summed E-state index contributed by atoms with van der Waals surface area (Å²) in [4.78, 5) is 4.22. The van der Waals surface area contributed by atoms with Gasteiger partial charge < -0.3 is 10.6 Å². The van der Waals surface area contributed by atoms with Crippen LogP contribution < -0.4 is 10.6 Å². The molecule has 94 valence electrons. The van der Waals surface area contributed by atoms with E-state index in [1.54, 1.807) is 0 Å². The maximum atomic E-state index is 4.22. The Morgan fingerprint density at radius 3 is 2.59 bits per heavy atom. The van der Waals surface area contributed by atoms with Gasteiger partial charge in [-0.25, -0.2) is 0 Å². The maximum Gasteiger partial charge on any atom is 0.0547 e. The fraction of sp³-hybridized carbons (Fsp3) is 0.643. The van der Waals surface area contributed by atoms with Gasteiger partial charge in [0.1, 0.15) is 0 Å². The summed E-state index contributed by atoms with van der Waals surface area (Å²) in [5.41, 5.74) is 2.71. The molecule has 0 bridgehead atoms. The SMILES string of the molecule is CCC1(CNc2cncc(NC)c2)CCCC1. The zero-order chi connectivity index (χ0) is 12.1. The van der Waals surface area contributed by atoms with E-state index < -0.39 is 0 Å². The molecule has 0 aliphatic heterocycles. The third-order valence-corrected chi connectivity index (χ3v) is 4.11. The van der Waals surface area contributed by atoms with Crippen LogP contribution in [0.15, 0.2) is 18.5 Å². The molecule has 3 nitrogen and oxygen atoms in total. The highest BCUT2D eigenvalue weighted by molar-refractivity contribution is 5.53. The fourth-order valence-corrected chi connectivity index (χ4v) is 2.74. The fourth-order valence-electron chi connectivity index (χ4n) is 2.74. The van der Waals surface area contributed by atoms with Crippen LogP contribution >= 0.6 is 0 Å². The highest BCUT2D eigenvalue weighted by atomic mass is 14.9. The first-order valence-corrected chi connectivity index (χ1v) is 6.65. The van der Waals surface area contributed by atoms with E-state index in [1.807, 2.05) is 19.4 Å². The van der Waals surface area contributed by atoms with Crippen molar-refractivity contribution in [2.24, 2.45) is 5.41 Å². The van der Waals surface area contributed by atoms with Gasteiger partial charge in [-0.2, -0.15) is 0 Å². The largest absolute Gasteiger partial charge is 0.387 e. The lowest BCUT2D eigenvalue weighted by Crippen LogP contribution is -2.25. The van der Waals surface area contributed by atoms with Crippen molar-refractivity contribution in [2.45, 2.75) is 39.0 Å². The van der Waals surface area contributed by atoms with E-state index in [2.05, 4.69) is 28.6 Å². The van der Waals surface area contributed by atoms with Gasteiger partial charge in [0.05, 0.1) is 23.8 Å². The van der Waals surface area contributed by atoms with E-state index in [4.69, 9.17) is 0 Å². The van der Waals surface area contributed by atoms with Gasteiger partial charge in [-0.1, -0.05) is 19.8 Å². The second kappa shape index (κ2) is 5.39. The zero-order valence-corrected chi connectivity index (χ0v) is 10.9.